The normalized spacial score (nSPS) is 20.3. The Kier molecular flexibility index (Phi) is 6.65. The smallest absolute Gasteiger partial charge is 0.435 e. The Labute approximate surface area is 203 Å². The van der Waals surface area contributed by atoms with Crippen LogP contribution in [-0.4, -0.2) is 70.7 Å². The number of aromatic nitrogens is 4. The minimum atomic E-state index is -4.64. The number of carbonyl (C=O) groups excluding carboxylic acids is 2. The molecule has 2 N–H and O–H groups in total. The summed E-state index contributed by atoms with van der Waals surface area (Å²) < 4.78 is 40.1. The van der Waals surface area contributed by atoms with Gasteiger partial charge in [0.25, 0.3) is 5.91 Å². The molecule has 0 aliphatic carbocycles. The number of hydrogen-bond donors (Lipinski definition) is 2. The molecule has 0 aromatic carbocycles. The van der Waals surface area contributed by atoms with Crippen LogP contribution < -0.4 is 5.32 Å². The van der Waals surface area contributed by atoms with Gasteiger partial charge in [0.05, 0.1) is 0 Å². The summed E-state index contributed by atoms with van der Waals surface area (Å²) in [5, 5.41) is 23.7. The second kappa shape index (κ2) is 9.22. The van der Waals surface area contributed by atoms with E-state index in [2.05, 4.69) is 20.6 Å². The number of aryl methyl sites for hydroxylation is 2. The summed E-state index contributed by atoms with van der Waals surface area (Å²) in [4.78, 5) is 38.2. The minimum Gasteiger partial charge on any atom is -0.477 e. The molecule has 1 saturated heterocycles. The number of halogens is 3. The first-order valence-corrected chi connectivity index (χ1v) is 12.5. The van der Waals surface area contributed by atoms with E-state index < -0.39 is 47.6 Å². The molecule has 1 fully saturated rings. The third kappa shape index (κ3) is 4.79. The van der Waals surface area contributed by atoms with Crippen LogP contribution in [0.15, 0.2) is 21.7 Å². The number of amides is 2. The zero-order valence-electron chi connectivity index (χ0n) is 17.6. The lowest BCUT2D eigenvalue weighted by atomic mass is 10.0. The first-order chi connectivity index (χ1) is 16.0. The Bertz CT molecular complexity index is 1190. The van der Waals surface area contributed by atoms with Gasteiger partial charge in [-0.2, -0.15) is 18.3 Å². The maximum Gasteiger partial charge on any atom is 0.435 e. The highest BCUT2D eigenvalue weighted by molar-refractivity contribution is 8.01. The van der Waals surface area contributed by atoms with Crippen molar-refractivity contribution in [2.45, 2.75) is 42.3 Å². The zero-order chi connectivity index (χ0) is 24.8. The lowest BCUT2D eigenvalue weighted by Gasteiger charge is -2.49. The molecule has 0 radical (unpaired) electrons. The van der Waals surface area contributed by atoms with Crippen LogP contribution in [0.25, 0.3) is 0 Å². The summed E-state index contributed by atoms with van der Waals surface area (Å²) in [5.74, 6) is -1.89. The predicted octanol–water partition coefficient (Wildman–Crippen LogP) is 1.90. The third-order valence-electron chi connectivity index (χ3n) is 5.01. The fraction of sp³-hybridized carbons (Fsp3) is 0.444. The quantitative estimate of drug-likeness (QED) is 0.404. The fourth-order valence-corrected chi connectivity index (χ4v) is 6.74. The molecule has 0 bridgehead atoms. The van der Waals surface area contributed by atoms with Crippen LogP contribution in [0.5, 0.6) is 0 Å². The van der Waals surface area contributed by atoms with Crippen LogP contribution >= 0.6 is 34.9 Å². The Balaban J connectivity index is 1.42. The van der Waals surface area contributed by atoms with Crippen LogP contribution in [0, 0.1) is 13.8 Å². The van der Waals surface area contributed by atoms with Crippen molar-refractivity contribution < 1.29 is 32.7 Å². The molecule has 10 nitrogen and oxygen atoms in total. The number of nitrogens with zero attached hydrogens (tertiary/aromatic N) is 5. The van der Waals surface area contributed by atoms with Gasteiger partial charge in [-0.3, -0.25) is 19.2 Å². The van der Waals surface area contributed by atoms with E-state index in [4.69, 9.17) is 0 Å². The number of fused-ring (bicyclic) bond motifs is 1. The van der Waals surface area contributed by atoms with Crippen LogP contribution in [0.1, 0.15) is 16.4 Å². The third-order valence-corrected chi connectivity index (χ3v) is 8.41. The number of nitrogens with one attached hydrogen (secondary N) is 1. The standard InChI is InChI=1S/C18H17F3N6O4S3/c1-7-3-10(18(19,20)21)25-26(7)4-11(28)22-12-14(29)27-13(16(30)31)9(5-32-15(12)27)6-33-17-24-23-8(2)34-17/h3,12,15H,4-6H2,1-2H3,(H,22,28)(H,30,31)/t12-,15-/m1/s1. The van der Waals surface area contributed by atoms with Crippen molar-refractivity contribution in [2.75, 3.05) is 11.5 Å². The lowest BCUT2D eigenvalue weighted by molar-refractivity contribution is -0.150. The SMILES string of the molecule is Cc1nnc(SCC2=C(C(=O)O)N3C(=O)[C@@H](NC(=O)Cn4nc(C(F)(F)F)cc4C)[C@H]3SC2)s1. The van der Waals surface area contributed by atoms with E-state index in [1.807, 2.05) is 0 Å². The number of carbonyl (C=O) groups is 3. The van der Waals surface area contributed by atoms with Crippen molar-refractivity contribution in [1.29, 1.82) is 0 Å². The van der Waals surface area contributed by atoms with Crippen molar-refractivity contribution in [3.8, 4) is 0 Å². The summed E-state index contributed by atoms with van der Waals surface area (Å²) in [5.41, 5.74) is -0.542. The molecule has 4 rings (SSSR count). The molecule has 0 unspecified atom stereocenters. The lowest BCUT2D eigenvalue weighted by Crippen LogP contribution is -2.70. The zero-order valence-corrected chi connectivity index (χ0v) is 20.1. The fourth-order valence-electron chi connectivity index (χ4n) is 3.44. The number of β-lactam (4-membered cyclic amide) rings is 1. The highest BCUT2D eigenvalue weighted by atomic mass is 32.2. The molecule has 34 heavy (non-hydrogen) atoms. The minimum absolute atomic E-state index is 0.120. The van der Waals surface area contributed by atoms with E-state index in [1.54, 1.807) is 6.92 Å². The summed E-state index contributed by atoms with van der Waals surface area (Å²) in [6.07, 6.45) is -4.64. The summed E-state index contributed by atoms with van der Waals surface area (Å²) in [7, 11) is 0. The van der Waals surface area contributed by atoms with Crippen molar-refractivity contribution in [2.24, 2.45) is 0 Å². The van der Waals surface area contributed by atoms with E-state index in [9.17, 15) is 32.7 Å². The molecule has 2 amide bonds. The first-order valence-electron chi connectivity index (χ1n) is 9.69. The summed E-state index contributed by atoms with van der Waals surface area (Å²) in [6, 6.07) is -0.155. The molecule has 182 valence electrons. The van der Waals surface area contributed by atoms with Crippen LogP contribution in [0.2, 0.25) is 0 Å². The van der Waals surface area contributed by atoms with Gasteiger partial charge in [-0.25, -0.2) is 4.79 Å². The van der Waals surface area contributed by atoms with Gasteiger partial charge >= 0.3 is 12.1 Å². The number of carboxylic acids is 1. The van der Waals surface area contributed by atoms with Gasteiger partial charge in [0.1, 0.15) is 28.7 Å². The summed E-state index contributed by atoms with van der Waals surface area (Å²) in [6.45, 7) is 2.68. The molecule has 0 spiro atoms. The summed E-state index contributed by atoms with van der Waals surface area (Å²) >= 11 is 4.01. The Morgan fingerprint density at radius 3 is 2.65 bits per heavy atom. The average molecular weight is 535 g/mol. The number of carboxylic acid groups (broad SMARTS) is 1. The number of alkyl halides is 3. The van der Waals surface area contributed by atoms with E-state index in [1.165, 1.54) is 41.8 Å². The van der Waals surface area contributed by atoms with Crippen molar-refractivity contribution >= 4 is 52.6 Å². The van der Waals surface area contributed by atoms with Gasteiger partial charge < -0.3 is 10.4 Å². The number of thioether (sulfide) groups is 2. The molecule has 2 aliphatic rings. The predicted molar refractivity (Wildman–Crippen MR) is 117 cm³/mol. The van der Waals surface area contributed by atoms with Gasteiger partial charge in [-0.05, 0) is 25.5 Å². The van der Waals surface area contributed by atoms with E-state index >= 15 is 0 Å². The Morgan fingerprint density at radius 1 is 1.32 bits per heavy atom. The molecule has 4 heterocycles. The maximum absolute atomic E-state index is 12.8. The van der Waals surface area contributed by atoms with E-state index in [0.717, 1.165) is 20.7 Å². The van der Waals surface area contributed by atoms with Crippen LogP contribution in [0.4, 0.5) is 13.2 Å². The maximum atomic E-state index is 12.8. The highest BCUT2D eigenvalue weighted by Crippen LogP contribution is 2.41. The van der Waals surface area contributed by atoms with Gasteiger partial charge in [-0.1, -0.05) is 23.1 Å². The first kappa shape index (κ1) is 24.5. The molecule has 0 saturated carbocycles. The Morgan fingerprint density at radius 2 is 2.06 bits per heavy atom. The second-order valence-electron chi connectivity index (χ2n) is 7.41. The van der Waals surface area contributed by atoms with Crippen LogP contribution in [-0.2, 0) is 27.1 Å². The molecular weight excluding hydrogens is 517 g/mol. The molecule has 2 aliphatic heterocycles. The van der Waals surface area contributed by atoms with Gasteiger partial charge in [0.15, 0.2) is 10.0 Å². The number of rotatable bonds is 7. The van der Waals surface area contributed by atoms with Gasteiger partial charge in [-0.15, -0.1) is 22.0 Å². The molecule has 2 atom stereocenters. The molecule has 16 heteroatoms. The average Bonchev–Trinajstić information content (AvgIpc) is 3.34. The molecule has 2 aromatic rings. The Hall–Kier alpha value is -2.59. The van der Waals surface area contributed by atoms with E-state index in [-0.39, 0.29) is 11.4 Å². The monoisotopic (exact) mass is 534 g/mol. The van der Waals surface area contributed by atoms with Gasteiger partial charge in [0.2, 0.25) is 5.91 Å². The van der Waals surface area contributed by atoms with Gasteiger partial charge in [0, 0.05) is 17.2 Å². The highest BCUT2D eigenvalue weighted by Gasteiger charge is 2.54. The molecule has 2 aromatic heterocycles. The largest absolute Gasteiger partial charge is 0.477 e. The van der Waals surface area contributed by atoms with Crippen LogP contribution in [0.3, 0.4) is 0 Å². The number of aliphatic carboxylic acids is 1. The topological polar surface area (TPSA) is 130 Å². The second-order valence-corrected chi connectivity index (χ2v) is 10.9. The van der Waals surface area contributed by atoms with Crippen molar-refractivity contribution in [3.05, 3.63) is 33.7 Å². The number of hydrogen-bond acceptors (Lipinski definition) is 9. The molecular formula is C18H17F3N6O4S3. The van der Waals surface area contributed by atoms with Crippen molar-refractivity contribution in [1.82, 2.24) is 30.2 Å². The van der Waals surface area contributed by atoms with Crippen molar-refractivity contribution in [3.63, 3.8) is 0 Å². The van der Waals surface area contributed by atoms with E-state index in [0.29, 0.717) is 21.4 Å².